The maximum absolute atomic E-state index is 12.3. The molecule has 9 heteroatoms. The predicted molar refractivity (Wildman–Crippen MR) is 141 cm³/mol. The van der Waals surface area contributed by atoms with Gasteiger partial charge < -0.3 is 9.47 Å². The molecule has 0 atom stereocenters. The van der Waals surface area contributed by atoms with Crippen molar-refractivity contribution in [2.45, 2.75) is 0 Å². The Bertz CT molecular complexity index is 1430. The summed E-state index contributed by atoms with van der Waals surface area (Å²) in [6, 6.07) is 22.7. The number of ether oxygens (including phenoxy) is 2. The van der Waals surface area contributed by atoms with Gasteiger partial charge in [0.15, 0.2) is 6.61 Å². The first-order valence-corrected chi connectivity index (χ1v) is 11.8. The fraction of sp³-hybridized carbons (Fsp3) is 0.0385. The predicted octanol–water partition coefficient (Wildman–Crippen LogP) is 6.66. The number of rotatable bonds is 7. The van der Waals surface area contributed by atoms with Gasteiger partial charge in [-0.2, -0.15) is 5.10 Å². The quantitative estimate of drug-likeness (QED) is 0.116. The molecule has 0 fully saturated rings. The molecule has 0 aliphatic rings. The van der Waals surface area contributed by atoms with Crippen molar-refractivity contribution in [2.24, 2.45) is 5.10 Å². The highest BCUT2D eigenvalue weighted by molar-refractivity contribution is 9.10. The van der Waals surface area contributed by atoms with Gasteiger partial charge in [-0.3, -0.25) is 4.79 Å². The monoisotopic (exact) mass is 570 g/mol. The van der Waals surface area contributed by atoms with Gasteiger partial charge in [0.05, 0.1) is 21.3 Å². The molecule has 0 unspecified atom stereocenters. The lowest BCUT2D eigenvalue weighted by molar-refractivity contribution is -0.123. The molecule has 4 rings (SSSR count). The minimum Gasteiger partial charge on any atom is -0.483 e. The number of carbonyl (C=O) groups excluding carboxylic acids is 2. The molecule has 0 saturated carbocycles. The van der Waals surface area contributed by atoms with Gasteiger partial charge in [0.25, 0.3) is 5.91 Å². The van der Waals surface area contributed by atoms with Gasteiger partial charge in [-0.25, -0.2) is 10.2 Å². The Morgan fingerprint density at radius 2 is 1.74 bits per heavy atom. The highest BCUT2D eigenvalue weighted by atomic mass is 79.9. The Kier molecular flexibility index (Phi) is 8.02. The molecule has 6 nitrogen and oxygen atoms in total. The summed E-state index contributed by atoms with van der Waals surface area (Å²) in [7, 11) is 0. The molecule has 0 saturated heterocycles. The molecule has 0 bridgehead atoms. The number of amides is 1. The summed E-state index contributed by atoms with van der Waals surface area (Å²) in [6.07, 6.45) is 1.46. The average molecular weight is 572 g/mol. The number of hydrogen-bond donors (Lipinski definition) is 1. The number of esters is 1. The highest BCUT2D eigenvalue weighted by Gasteiger charge is 2.13. The van der Waals surface area contributed by atoms with Gasteiger partial charge in [-0.05, 0) is 80.8 Å². The maximum atomic E-state index is 12.3. The molecule has 0 aromatic heterocycles. The fourth-order valence-corrected chi connectivity index (χ4v) is 4.21. The summed E-state index contributed by atoms with van der Waals surface area (Å²) in [5.41, 5.74) is 3.31. The molecule has 176 valence electrons. The van der Waals surface area contributed by atoms with Crippen LogP contribution in [0.5, 0.6) is 11.5 Å². The zero-order valence-corrected chi connectivity index (χ0v) is 21.1. The molecule has 1 N–H and O–H groups in total. The Labute approximate surface area is 219 Å². The molecule has 4 aromatic rings. The zero-order chi connectivity index (χ0) is 24.8. The van der Waals surface area contributed by atoms with Crippen molar-refractivity contribution < 1.29 is 19.1 Å². The van der Waals surface area contributed by atoms with E-state index in [1.165, 1.54) is 18.3 Å². The highest BCUT2D eigenvalue weighted by Crippen LogP contribution is 2.33. The second-order valence-electron chi connectivity index (χ2n) is 7.26. The molecular formula is C26H17BrCl2N2O4. The zero-order valence-electron chi connectivity index (χ0n) is 18.0. The van der Waals surface area contributed by atoms with Gasteiger partial charge in [0.1, 0.15) is 11.5 Å². The van der Waals surface area contributed by atoms with Gasteiger partial charge in [-0.15, -0.1) is 0 Å². The van der Waals surface area contributed by atoms with Crippen LogP contribution >= 0.6 is 39.1 Å². The summed E-state index contributed by atoms with van der Waals surface area (Å²) in [4.78, 5) is 24.4. The second-order valence-corrected chi connectivity index (χ2v) is 8.90. The summed E-state index contributed by atoms with van der Waals surface area (Å²) >= 11 is 15.4. The van der Waals surface area contributed by atoms with Crippen LogP contribution in [0.25, 0.3) is 10.8 Å². The molecule has 0 radical (unpaired) electrons. The number of benzene rings is 4. The molecular weight excluding hydrogens is 555 g/mol. The number of hydrogen-bond acceptors (Lipinski definition) is 5. The smallest absolute Gasteiger partial charge is 0.345 e. The van der Waals surface area contributed by atoms with Crippen LogP contribution in [0.15, 0.2) is 88.4 Å². The van der Waals surface area contributed by atoms with E-state index in [0.29, 0.717) is 22.1 Å². The number of hydrazone groups is 1. The minimum atomic E-state index is -0.599. The van der Waals surface area contributed by atoms with Crippen LogP contribution in [0.4, 0.5) is 0 Å². The first kappa shape index (κ1) is 24.7. The Morgan fingerprint density at radius 1 is 0.971 bits per heavy atom. The van der Waals surface area contributed by atoms with Crippen molar-refractivity contribution in [3.63, 3.8) is 0 Å². The van der Waals surface area contributed by atoms with Crippen LogP contribution in [0, 0.1) is 0 Å². The molecule has 0 aliphatic heterocycles. The van der Waals surface area contributed by atoms with E-state index in [4.69, 9.17) is 32.7 Å². The molecule has 1 amide bonds. The lowest BCUT2D eigenvalue weighted by atomic mass is 10.1. The lowest BCUT2D eigenvalue weighted by Crippen LogP contribution is -2.24. The van der Waals surface area contributed by atoms with Crippen molar-refractivity contribution in [2.75, 3.05) is 6.61 Å². The third-order valence-electron chi connectivity index (χ3n) is 4.83. The van der Waals surface area contributed by atoms with Crippen LogP contribution in [0.1, 0.15) is 15.9 Å². The van der Waals surface area contributed by atoms with E-state index in [9.17, 15) is 9.59 Å². The van der Waals surface area contributed by atoms with Gasteiger partial charge in [-0.1, -0.05) is 53.5 Å². The Balaban J connectivity index is 1.28. The van der Waals surface area contributed by atoms with E-state index < -0.39 is 11.9 Å². The first-order chi connectivity index (χ1) is 16.9. The number of fused-ring (bicyclic) bond motifs is 1. The van der Waals surface area contributed by atoms with E-state index in [-0.39, 0.29) is 17.2 Å². The molecule has 0 spiro atoms. The normalized spacial score (nSPS) is 10.9. The van der Waals surface area contributed by atoms with Crippen LogP contribution in [-0.2, 0) is 4.79 Å². The van der Waals surface area contributed by atoms with Gasteiger partial charge in [0, 0.05) is 5.02 Å². The topological polar surface area (TPSA) is 77.0 Å². The Hall–Kier alpha value is -3.39. The summed E-state index contributed by atoms with van der Waals surface area (Å²) in [5.74, 6) is -0.116. The van der Waals surface area contributed by atoms with Crippen molar-refractivity contribution in [1.82, 2.24) is 5.43 Å². The van der Waals surface area contributed by atoms with Crippen molar-refractivity contribution in [1.29, 1.82) is 0 Å². The van der Waals surface area contributed by atoms with Crippen molar-refractivity contribution in [3.8, 4) is 11.5 Å². The van der Waals surface area contributed by atoms with Crippen molar-refractivity contribution >= 4 is 68.0 Å². The molecule has 35 heavy (non-hydrogen) atoms. The fourth-order valence-electron chi connectivity index (χ4n) is 3.12. The van der Waals surface area contributed by atoms with Crippen LogP contribution in [-0.4, -0.2) is 24.7 Å². The van der Waals surface area contributed by atoms with E-state index in [1.54, 1.807) is 36.4 Å². The number of nitrogens with zero attached hydrogens (tertiary/aromatic N) is 1. The van der Waals surface area contributed by atoms with Gasteiger partial charge in [0.2, 0.25) is 0 Å². The molecule has 4 aromatic carbocycles. The minimum absolute atomic E-state index is 0.198. The van der Waals surface area contributed by atoms with Crippen LogP contribution in [0.3, 0.4) is 0 Å². The van der Waals surface area contributed by atoms with E-state index in [0.717, 1.165) is 15.2 Å². The summed E-state index contributed by atoms with van der Waals surface area (Å²) < 4.78 is 11.7. The molecule has 0 aliphatic carbocycles. The number of nitrogens with one attached hydrogen (secondary N) is 1. The SMILES string of the molecule is O=C(COc1ccc2ccccc2c1Br)N/N=C\c1ccc(OC(=O)c2ccc(Cl)cc2Cl)cc1. The summed E-state index contributed by atoms with van der Waals surface area (Å²) in [6.45, 7) is -0.198. The summed E-state index contributed by atoms with van der Waals surface area (Å²) in [5, 5.41) is 6.62. The third-order valence-corrected chi connectivity index (χ3v) is 6.20. The standard InChI is InChI=1S/C26H17BrCl2N2O4/c27-25-20-4-2-1-3-17(20)7-12-23(25)34-15-24(32)31-30-14-16-5-9-19(10-6-16)35-26(33)21-11-8-18(28)13-22(21)29/h1-14H,15H2,(H,31,32)/b30-14-. The van der Waals surface area contributed by atoms with E-state index in [2.05, 4.69) is 26.5 Å². The van der Waals surface area contributed by atoms with Crippen LogP contribution in [0.2, 0.25) is 10.0 Å². The maximum Gasteiger partial charge on any atom is 0.345 e. The number of carbonyl (C=O) groups is 2. The van der Waals surface area contributed by atoms with Crippen LogP contribution < -0.4 is 14.9 Å². The first-order valence-electron chi connectivity index (χ1n) is 10.3. The Morgan fingerprint density at radius 3 is 2.51 bits per heavy atom. The van der Waals surface area contributed by atoms with E-state index >= 15 is 0 Å². The van der Waals surface area contributed by atoms with Crippen molar-refractivity contribution in [3.05, 3.63) is 105 Å². The average Bonchev–Trinajstić information content (AvgIpc) is 2.85. The number of halogens is 3. The largest absolute Gasteiger partial charge is 0.483 e. The second kappa shape index (κ2) is 11.4. The lowest BCUT2D eigenvalue weighted by Gasteiger charge is -2.09. The third kappa shape index (κ3) is 6.39. The van der Waals surface area contributed by atoms with Gasteiger partial charge >= 0.3 is 5.97 Å². The molecule has 0 heterocycles. The van der Waals surface area contributed by atoms with E-state index in [1.807, 2.05) is 30.3 Å².